The fraction of sp³-hybridized carbons (Fsp3) is 0.571. The number of ether oxygens (including phenoxy) is 3. The van der Waals surface area contributed by atoms with Gasteiger partial charge in [0.1, 0.15) is 5.75 Å². The van der Waals surface area contributed by atoms with Crippen LogP contribution in [0.25, 0.3) is 0 Å². The van der Waals surface area contributed by atoms with Gasteiger partial charge in [0.2, 0.25) is 0 Å². The zero-order chi connectivity index (χ0) is 12.8. The Balaban J connectivity index is 1.81. The standard InChI is InChI=1S/C14H21NO3/c1-16-14-7-3-2-6-12(14)13(15)10-17-9-11-5-4-8-18-11/h2-3,6-7,11,13H,4-5,8-10,15H2,1H3. The monoisotopic (exact) mass is 251 g/mol. The fourth-order valence-corrected chi connectivity index (χ4v) is 2.16. The van der Waals surface area contributed by atoms with E-state index in [0.29, 0.717) is 13.2 Å². The molecule has 4 nitrogen and oxygen atoms in total. The molecule has 1 fully saturated rings. The van der Waals surface area contributed by atoms with Gasteiger partial charge in [-0.1, -0.05) is 18.2 Å². The zero-order valence-electron chi connectivity index (χ0n) is 10.8. The number of para-hydroxylation sites is 1. The zero-order valence-corrected chi connectivity index (χ0v) is 10.8. The third kappa shape index (κ3) is 3.45. The summed E-state index contributed by atoms with van der Waals surface area (Å²) in [5.41, 5.74) is 7.09. The summed E-state index contributed by atoms with van der Waals surface area (Å²) in [6.45, 7) is 1.97. The lowest BCUT2D eigenvalue weighted by molar-refractivity contribution is 0.0128. The molecule has 0 saturated carbocycles. The van der Waals surface area contributed by atoms with Gasteiger partial charge in [-0.15, -0.1) is 0 Å². The molecule has 0 amide bonds. The number of methoxy groups -OCH3 is 1. The molecular formula is C14H21NO3. The quantitative estimate of drug-likeness (QED) is 0.839. The SMILES string of the molecule is COc1ccccc1C(N)COCC1CCCO1. The van der Waals surface area contributed by atoms with Crippen LogP contribution in [0.1, 0.15) is 24.4 Å². The molecule has 2 atom stereocenters. The first kappa shape index (κ1) is 13.3. The lowest BCUT2D eigenvalue weighted by Gasteiger charge is -2.17. The highest BCUT2D eigenvalue weighted by Crippen LogP contribution is 2.23. The van der Waals surface area contributed by atoms with Crippen molar-refractivity contribution in [2.75, 3.05) is 26.9 Å². The van der Waals surface area contributed by atoms with Gasteiger partial charge in [0, 0.05) is 12.2 Å². The van der Waals surface area contributed by atoms with Gasteiger partial charge in [0.05, 0.1) is 32.5 Å². The summed E-state index contributed by atoms with van der Waals surface area (Å²) in [7, 11) is 1.65. The minimum absolute atomic E-state index is 0.164. The molecule has 1 aliphatic rings. The fourth-order valence-electron chi connectivity index (χ4n) is 2.16. The van der Waals surface area contributed by atoms with Crippen molar-refractivity contribution >= 4 is 0 Å². The summed E-state index contributed by atoms with van der Waals surface area (Å²) in [5.74, 6) is 0.811. The Morgan fingerprint density at radius 2 is 2.28 bits per heavy atom. The Morgan fingerprint density at radius 1 is 1.44 bits per heavy atom. The normalized spacial score (nSPS) is 20.9. The van der Waals surface area contributed by atoms with E-state index in [0.717, 1.165) is 30.8 Å². The van der Waals surface area contributed by atoms with Gasteiger partial charge in [-0.25, -0.2) is 0 Å². The van der Waals surface area contributed by atoms with Crippen LogP contribution < -0.4 is 10.5 Å². The molecule has 1 heterocycles. The summed E-state index contributed by atoms with van der Waals surface area (Å²) in [5, 5.41) is 0. The minimum atomic E-state index is -0.164. The van der Waals surface area contributed by atoms with E-state index >= 15 is 0 Å². The maximum atomic E-state index is 6.11. The van der Waals surface area contributed by atoms with Gasteiger partial charge in [0.15, 0.2) is 0 Å². The average molecular weight is 251 g/mol. The van der Waals surface area contributed by atoms with Crippen molar-refractivity contribution in [3.8, 4) is 5.75 Å². The van der Waals surface area contributed by atoms with Gasteiger partial charge in [-0.3, -0.25) is 0 Å². The maximum absolute atomic E-state index is 6.11. The first-order valence-corrected chi connectivity index (χ1v) is 6.39. The minimum Gasteiger partial charge on any atom is -0.496 e. The van der Waals surface area contributed by atoms with E-state index in [4.69, 9.17) is 19.9 Å². The van der Waals surface area contributed by atoms with Crippen molar-refractivity contribution in [1.29, 1.82) is 0 Å². The van der Waals surface area contributed by atoms with Crippen molar-refractivity contribution in [2.45, 2.75) is 25.0 Å². The van der Waals surface area contributed by atoms with Gasteiger partial charge in [-0.05, 0) is 18.9 Å². The molecule has 0 spiro atoms. The van der Waals surface area contributed by atoms with E-state index < -0.39 is 0 Å². The molecule has 18 heavy (non-hydrogen) atoms. The van der Waals surface area contributed by atoms with E-state index in [2.05, 4.69) is 0 Å². The molecule has 2 unspecified atom stereocenters. The van der Waals surface area contributed by atoms with Crippen LogP contribution in [0.3, 0.4) is 0 Å². The molecule has 0 aromatic heterocycles. The lowest BCUT2D eigenvalue weighted by atomic mass is 10.1. The largest absolute Gasteiger partial charge is 0.496 e. The number of hydrogen-bond acceptors (Lipinski definition) is 4. The summed E-state index contributed by atoms with van der Waals surface area (Å²) in [4.78, 5) is 0. The van der Waals surface area contributed by atoms with Crippen LogP contribution in [0.4, 0.5) is 0 Å². The molecule has 1 aromatic rings. The van der Waals surface area contributed by atoms with Crippen molar-refractivity contribution < 1.29 is 14.2 Å². The summed E-state index contributed by atoms with van der Waals surface area (Å²) in [6.07, 6.45) is 2.46. The summed E-state index contributed by atoms with van der Waals surface area (Å²) < 4.78 is 16.4. The summed E-state index contributed by atoms with van der Waals surface area (Å²) >= 11 is 0. The molecule has 100 valence electrons. The molecule has 2 N–H and O–H groups in total. The van der Waals surface area contributed by atoms with Gasteiger partial charge < -0.3 is 19.9 Å². The second-order valence-corrected chi connectivity index (χ2v) is 4.52. The predicted octanol–water partition coefficient (Wildman–Crippen LogP) is 1.89. The molecule has 0 radical (unpaired) electrons. The number of hydrogen-bond donors (Lipinski definition) is 1. The van der Waals surface area contributed by atoms with E-state index in [9.17, 15) is 0 Å². The molecule has 1 saturated heterocycles. The number of benzene rings is 1. The van der Waals surface area contributed by atoms with E-state index in [1.807, 2.05) is 24.3 Å². The van der Waals surface area contributed by atoms with Crippen LogP contribution in [-0.4, -0.2) is 33.0 Å². The molecular weight excluding hydrogens is 230 g/mol. The van der Waals surface area contributed by atoms with Crippen molar-refractivity contribution in [3.63, 3.8) is 0 Å². The van der Waals surface area contributed by atoms with Crippen LogP contribution in [0.15, 0.2) is 24.3 Å². The van der Waals surface area contributed by atoms with Crippen molar-refractivity contribution in [2.24, 2.45) is 5.73 Å². The predicted molar refractivity (Wildman–Crippen MR) is 69.7 cm³/mol. The van der Waals surface area contributed by atoms with Gasteiger partial charge in [-0.2, -0.15) is 0 Å². The average Bonchev–Trinajstić information content (AvgIpc) is 2.91. The van der Waals surface area contributed by atoms with Gasteiger partial charge in [0.25, 0.3) is 0 Å². The van der Waals surface area contributed by atoms with E-state index in [1.54, 1.807) is 7.11 Å². The summed E-state index contributed by atoms with van der Waals surface area (Å²) in [6, 6.07) is 7.61. The Bertz CT molecular complexity index is 364. The van der Waals surface area contributed by atoms with Crippen LogP contribution in [0.2, 0.25) is 0 Å². The highest BCUT2D eigenvalue weighted by molar-refractivity contribution is 5.35. The second-order valence-electron chi connectivity index (χ2n) is 4.52. The van der Waals surface area contributed by atoms with Crippen molar-refractivity contribution in [1.82, 2.24) is 0 Å². The van der Waals surface area contributed by atoms with Crippen molar-refractivity contribution in [3.05, 3.63) is 29.8 Å². The topological polar surface area (TPSA) is 53.7 Å². The second kappa shape index (κ2) is 6.73. The first-order chi connectivity index (χ1) is 8.81. The lowest BCUT2D eigenvalue weighted by Crippen LogP contribution is -2.22. The molecule has 4 heteroatoms. The molecule has 0 bridgehead atoms. The highest BCUT2D eigenvalue weighted by Gasteiger charge is 2.17. The number of nitrogens with two attached hydrogens (primary N) is 1. The first-order valence-electron chi connectivity index (χ1n) is 6.39. The van der Waals surface area contributed by atoms with Gasteiger partial charge >= 0.3 is 0 Å². The smallest absolute Gasteiger partial charge is 0.123 e. The molecule has 0 aliphatic carbocycles. The molecule has 2 rings (SSSR count). The third-order valence-corrected chi connectivity index (χ3v) is 3.16. The van der Waals surface area contributed by atoms with Crippen LogP contribution in [-0.2, 0) is 9.47 Å². The molecule has 1 aromatic carbocycles. The Hall–Kier alpha value is -1.10. The Labute approximate surface area is 108 Å². The Morgan fingerprint density at radius 3 is 3.00 bits per heavy atom. The van der Waals surface area contributed by atoms with E-state index in [-0.39, 0.29) is 12.1 Å². The maximum Gasteiger partial charge on any atom is 0.123 e. The van der Waals surface area contributed by atoms with Crippen LogP contribution >= 0.6 is 0 Å². The van der Waals surface area contributed by atoms with E-state index in [1.165, 1.54) is 0 Å². The Kier molecular flexibility index (Phi) is 4.99. The van der Waals surface area contributed by atoms with Crippen LogP contribution in [0.5, 0.6) is 5.75 Å². The third-order valence-electron chi connectivity index (χ3n) is 3.16. The van der Waals surface area contributed by atoms with Crippen LogP contribution in [0, 0.1) is 0 Å². The highest BCUT2D eigenvalue weighted by atomic mass is 16.5. The number of rotatable bonds is 6. The molecule has 1 aliphatic heterocycles.